The molecule has 1 rings (SSSR count). The summed E-state index contributed by atoms with van der Waals surface area (Å²) < 4.78 is 16.0. The van der Waals surface area contributed by atoms with Crippen LogP contribution in [0.1, 0.15) is 51.9 Å². The third-order valence-electron chi connectivity index (χ3n) is 3.70. The van der Waals surface area contributed by atoms with Gasteiger partial charge in [-0.2, -0.15) is 0 Å². The van der Waals surface area contributed by atoms with Gasteiger partial charge in [0, 0.05) is 12.1 Å². The molecule has 0 radical (unpaired) electrons. The zero-order chi connectivity index (χ0) is 19.1. The minimum atomic E-state index is -0.866. The van der Waals surface area contributed by atoms with Gasteiger partial charge in [0.05, 0.1) is 19.3 Å². The van der Waals surface area contributed by atoms with Crippen molar-refractivity contribution < 1.29 is 23.8 Å². The Balaban J connectivity index is 2.91. The van der Waals surface area contributed by atoms with Crippen molar-refractivity contribution in [2.75, 3.05) is 13.7 Å². The number of carbonyl (C=O) groups excluding carboxylic acids is 2. The van der Waals surface area contributed by atoms with Crippen molar-refractivity contribution in [1.29, 1.82) is 0 Å². The highest BCUT2D eigenvalue weighted by Gasteiger charge is 2.28. The molecular formula is C19H29NO5. The van der Waals surface area contributed by atoms with Crippen LogP contribution in [0.3, 0.4) is 0 Å². The van der Waals surface area contributed by atoms with E-state index in [1.54, 1.807) is 30.0 Å². The zero-order valence-electron chi connectivity index (χ0n) is 16.2. The van der Waals surface area contributed by atoms with Crippen molar-refractivity contribution >= 4 is 11.9 Å². The molecule has 0 aliphatic heterocycles. The van der Waals surface area contributed by atoms with Crippen molar-refractivity contribution in [1.82, 2.24) is 4.90 Å². The first kappa shape index (κ1) is 20.8. The van der Waals surface area contributed by atoms with E-state index in [2.05, 4.69) is 0 Å². The first-order valence-electron chi connectivity index (χ1n) is 8.56. The quantitative estimate of drug-likeness (QED) is 0.673. The van der Waals surface area contributed by atoms with Gasteiger partial charge in [0.2, 0.25) is 0 Å². The molecule has 1 unspecified atom stereocenters. The van der Waals surface area contributed by atoms with Crippen LogP contribution in [-0.2, 0) is 9.53 Å². The van der Waals surface area contributed by atoms with E-state index in [0.29, 0.717) is 23.7 Å². The van der Waals surface area contributed by atoms with Crippen molar-refractivity contribution in [2.24, 2.45) is 0 Å². The lowest BCUT2D eigenvalue weighted by molar-refractivity contribution is -0.143. The van der Waals surface area contributed by atoms with Crippen LogP contribution in [0.5, 0.6) is 11.5 Å². The molecule has 1 atom stereocenters. The van der Waals surface area contributed by atoms with Gasteiger partial charge in [0.25, 0.3) is 5.91 Å². The Morgan fingerprint density at radius 2 is 1.64 bits per heavy atom. The van der Waals surface area contributed by atoms with Crippen LogP contribution in [0.15, 0.2) is 18.2 Å². The van der Waals surface area contributed by atoms with Crippen LogP contribution in [0.2, 0.25) is 0 Å². The average molecular weight is 351 g/mol. The number of amides is 1. The Morgan fingerprint density at radius 1 is 1.04 bits per heavy atom. The van der Waals surface area contributed by atoms with Gasteiger partial charge in [-0.25, -0.2) is 4.79 Å². The predicted molar refractivity (Wildman–Crippen MR) is 96.2 cm³/mol. The minimum Gasteiger partial charge on any atom is -0.493 e. The molecule has 1 amide bonds. The molecule has 0 spiro atoms. The molecule has 0 aromatic heterocycles. The lowest BCUT2D eigenvalue weighted by Gasteiger charge is -2.32. The molecule has 25 heavy (non-hydrogen) atoms. The van der Waals surface area contributed by atoms with Crippen LogP contribution >= 0.6 is 0 Å². The van der Waals surface area contributed by atoms with Crippen molar-refractivity contribution in [3.8, 4) is 11.5 Å². The van der Waals surface area contributed by atoms with Crippen molar-refractivity contribution in [2.45, 2.75) is 59.7 Å². The fraction of sp³-hybridized carbons (Fsp3) is 0.579. The van der Waals surface area contributed by atoms with Crippen LogP contribution < -0.4 is 9.47 Å². The summed E-state index contributed by atoms with van der Waals surface area (Å²) in [5.41, 5.74) is 0.310. The number of hydrogen-bond donors (Lipinski definition) is 0. The molecular weight excluding hydrogens is 322 g/mol. The number of rotatable bonds is 8. The minimum absolute atomic E-state index is 0.0270. The zero-order valence-corrected chi connectivity index (χ0v) is 16.2. The summed E-state index contributed by atoms with van der Waals surface area (Å²) in [5.74, 6) is 0.214. The fourth-order valence-corrected chi connectivity index (χ4v) is 2.67. The van der Waals surface area contributed by atoms with Crippen LogP contribution in [0, 0.1) is 0 Å². The summed E-state index contributed by atoms with van der Waals surface area (Å²) >= 11 is 0. The van der Waals surface area contributed by atoms with Crippen LogP contribution in [-0.4, -0.2) is 48.7 Å². The molecule has 6 heteroatoms. The van der Waals surface area contributed by atoms with Gasteiger partial charge in [0.1, 0.15) is 0 Å². The molecule has 0 saturated heterocycles. The molecule has 1 aromatic carbocycles. The number of benzene rings is 1. The van der Waals surface area contributed by atoms with Gasteiger partial charge in [-0.3, -0.25) is 4.79 Å². The highest BCUT2D eigenvalue weighted by Crippen LogP contribution is 2.28. The van der Waals surface area contributed by atoms with Crippen molar-refractivity contribution in [3.63, 3.8) is 0 Å². The van der Waals surface area contributed by atoms with E-state index in [1.165, 1.54) is 7.11 Å². The van der Waals surface area contributed by atoms with Gasteiger partial charge in [-0.05, 0) is 59.7 Å². The monoisotopic (exact) mass is 351 g/mol. The highest BCUT2D eigenvalue weighted by molar-refractivity contribution is 5.93. The van der Waals surface area contributed by atoms with Crippen LogP contribution in [0.25, 0.3) is 0 Å². The van der Waals surface area contributed by atoms with Crippen molar-refractivity contribution in [3.05, 3.63) is 23.8 Å². The molecule has 140 valence electrons. The maximum absolute atomic E-state index is 12.6. The highest BCUT2D eigenvalue weighted by atomic mass is 16.5. The first-order chi connectivity index (χ1) is 11.7. The molecule has 0 aliphatic carbocycles. The Hall–Kier alpha value is -2.24. The maximum atomic E-state index is 12.6. The van der Waals surface area contributed by atoms with Gasteiger partial charge >= 0.3 is 5.97 Å². The van der Waals surface area contributed by atoms with Gasteiger partial charge in [-0.1, -0.05) is 0 Å². The second-order valence-corrected chi connectivity index (χ2v) is 6.28. The Bertz CT molecular complexity index is 589. The molecule has 0 N–H and O–H groups in total. The topological polar surface area (TPSA) is 65.1 Å². The number of nitrogens with zero attached hydrogens (tertiary/aromatic N) is 1. The van der Waals surface area contributed by atoms with E-state index < -0.39 is 12.1 Å². The van der Waals surface area contributed by atoms with E-state index in [4.69, 9.17) is 14.2 Å². The summed E-state index contributed by atoms with van der Waals surface area (Å²) in [5, 5.41) is 0. The molecule has 0 saturated carbocycles. The van der Waals surface area contributed by atoms with Gasteiger partial charge in [-0.15, -0.1) is 0 Å². The lowest BCUT2D eigenvalue weighted by Crippen LogP contribution is -2.47. The second kappa shape index (κ2) is 9.30. The van der Waals surface area contributed by atoms with E-state index >= 15 is 0 Å². The average Bonchev–Trinajstić information content (AvgIpc) is 2.54. The molecule has 1 aromatic rings. The summed E-state index contributed by atoms with van der Waals surface area (Å²) in [6, 6.07) is 4.84. The number of ether oxygens (including phenoxy) is 3. The third-order valence-corrected chi connectivity index (χ3v) is 3.70. The number of hydrogen-bond acceptors (Lipinski definition) is 5. The number of carbonyl (C=O) groups is 2. The van der Waals surface area contributed by atoms with Gasteiger partial charge < -0.3 is 19.1 Å². The van der Waals surface area contributed by atoms with E-state index in [9.17, 15) is 9.59 Å². The molecule has 0 fully saturated rings. The SMILES string of the molecule is CCOc1cc(C(=O)OC(C)C(=O)N(C(C)C)C(C)C)ccc1OC. The summed E-state index contributed by atoms with van der Waals surface area (Å²) in [6.07, 6.45) is -0.866. The maximum Gasteiger partial charge on any atom is 0.339 e. The Morgan fingerprint density at radius 3 is 2.12 bits per heavy atom. The lowest BCUT2D eigenvalue weighted by atomic mass is 10.2. The molecule has 0 heterocycles. The first-order valence-corrected chi connectivity index (χ1v) is 8.56. The van der Waals surface area contributed by atoms with Crippen LogP contribution in [0.4, 0.5) is 0 Å². The third kappa shape index (κ3) is 5.37. The standard InChI is InChI=1S/C19H29NO5/c1-8-24-17-11-15(9-10-16(17)23-7)19(22)25-14(6)18(21)20(12(2)3)13(4)5/h9-14H,8H2,1-7H3. The summed E-state index contributed by atoms with van der Waals surface area (Å²) in [7, 11) is 1.53. The molecule has 6 nitrogen and oxygen atoms in total. The number of esters is 1. The number of methoxy groups -OCH3 is 1. The largest absolute Gasteiger partial charge is 0.493 e. The second-order valence-electron chi connectivity index (χ2n) is 6.28. The van der Waals surface area contributed by atoms with E-state index in [0.717, 1.165) is 0 Å². The summed E-state index contributed by atoms with van der Waals surface area (Å²) in [4.78, 5) is 26.7. The Kier molecular flexibility index (Phi) is 7.74. The predicted octanol–water partition coefficient (Wildman–Crippen LogP) is 3.28. The van der Waals surface area contributed by atoms with E-state index in [1.807, 2.05) is 34.6 Å². The normalized spacial score (nSPS) is 12.0. The molecule has 0 aliphatic rings. The molecule has 0 bridgehead atoms. The smallest absolute Gasteiger partial charge is 0.339 e. The van der Waals surface area contributed by atoms with E-state index in [-0.39, 0.29) is 18.0 Å². The Labute approximate surface area is 150 Å². The summed E-state index contributed by atoms with van der Waals surface area (Å²) in [6.45, 7) is 11.6. The fourth-order valence-electron chi connectivity index (χ4n) is 2.67. The van der Waals surface area contributed by atoms with Gasteiger partial charge in [0.15, 0.2) is 17.6 Å².